The summed E-state index contributed by atoms with van der Waals surface area (Å²) in [4.78, 5) is 18.9. The molecular weight excluding hydrogens is 521 g/mol. The summed E-state index contributed by atoms with van der Waals surface area (Å²) in [7, 11) is -3.63. The SMILES string of the molecule is Cc1cc(C)c(S(=O)(=O)N2CCN(C(=O)CCN3CCc4sccc4[C@@H]3c3cccc(F)c3)CC2)c(C)c1. The average molecular weight is 556 g/mol. The lowest BCUT2D eigenvalue weighted by atomic mass is 9.93. The van der Waals surface area contributed by atoms with Gasteiger partial charge < -0.3 is 4.90 Å². The molecule has 202 valence electrons. The normalized spacial score (nSPS) is 18.9. The van der Waals surface area contributed by atoms with Crippen molar-refractivity contribution in [1.29, 1.82) is 0 Å². The van der Waals surface area contributed by atoms with Crippen molar-refractivity contribution in [2.75, 3.05) is 39.3 Å². The Hall–Kier alpha value is -2.59. The van der Waals surface area contributed by atoms with Crippen molar-refractivity contribution < 1.29 is 17.6 Å². The third kappa shape index (κ3) is 5.30. The van der Waals surface area contributed by atoms with Crippen LogP contribution < -0.4 is 0 Å². The maximum absolute atomic E-state index is 14.1. The number of piperazine rings is 1. The van der Waals surface area contributed by atoms with E-state index < -0.39 is 10.0 Å². The summed E-state index contributed by atoms with van der Waals surface area (Å²) in [5.74, 6) is -0.233. The zero-order valence-corrected chi connectivity index (χ0v) is 23.7. The number of benzene rings is 2. The fourth-order valence-electron chi connectivity index (χ4n) is 5.95. The van der Waals surface area contributed by atoms with Gasteiger partial charge in [0.2, 0.25) is 15.9 Å². The van der Waals surface area contributed by atoms with E-state index in [0.29, 0.717) is 31.0 Å². The summed E-state index contributed by atoms with van der Waals surface area (Å²) >= 11 is 1.73. The summed E-state index contributed by atoms with van der Waals surface area (Å²) in [5, 5.41) is 2.08. The van der Waals surface area contributed by atoms with Crippen LogP contribution in [-0.4, -0.2) is 67.7 Å². The molecule has 2 aliphatic heterocycles. The quantitative estimate of drug-likeness (QED) is 0.443. The van der Waals surface area contributed by atoms with Crippen molar-refractivity contribution in [2.24, 2.45) is 0 Å². The number of amides is 1. The first-order valence-electron chi connectivity index (χ1n) is 13.1. The standard InChI is InChI=1S/C29H34FN3O3S2/c1-20-17-21(2)29(22(3)18-20)38(35,36)33-14-12-31(13-15-33)27(34)8-11-32-10-7-26-25(9-16-37-26)28(32)23-5-4-6-24(30)19-23/h4-6,9,16-19,28H,7-8,10-15H2,1-3H3/t28-/m0/s1. The summed E-state index contributed by atoms with van der Waals surface area (Å²) in [5.41, 5.74) is 4.64. The topological polar surface area (TPSA) is 60.9 Å². The second-order valence-electron chi connectivity index (χ2n) is 10.3. The highest BCUT2D eigenvalue weighted by atomic mass is 32.2. The number of rotatable bonds is 6. The molecule has 0 bridgehead atoms. The van der Waals surface area contributed by atoms with Gasteiger partial charge in [-0.05, 0) is 73.0 Å². The third-order valence-electron chi connectivity index (χ3n) is 7.64. The van der Waals surface area contributed by atoms with Gasteiger partial charge in [0.05, 0.1) is 10.9 Å². The van der Waals surface area contributed by atoms with Crippen LogP contribution in [0.25, 0.3) is 0 Å². The molecule has 0 radical (unpaired) electrons. The molecule has 1 saturated heterocycles. The molecule has 0 spiro atoms. The molecule has 1 aromatic heterocycles. The number of fused-ring (bicyclic) bond motifs is 1. The maximum atomic E-state index is 14.1. The Bertz CT molecular complexity index is 1420. The number of hydrogen-bond donors (Lipinski definition) is 0. The van der Waals surface area contributed by atoms with Crippen LogP contribution in [0.3, 0.4) is 0 Å². The van der Waals surface area contributed by atoms with Crippen molar-refractivity contribution in [3.63, 3.8) is 0 Å². The number of carbonyl (C=O) groups excluding carboxylic acids is 1. The molecule has 3 aromatic rings. The molecule has 3 heterocycles. The highest BCUT2D eigenvalue weighted by Gasteiger charge is 2.33. The monoisotopic (exact) mass is 555 g/mol. The van der Waals surface area contributed by atoms with Crippen molar-refractivity contribution in [1.82, 2.24) is 14.1 Å². The minimum atomic E-state index is -3.63. The fourth-order valence-corrected chi connectivity index (χ4v) is 8.69. The number of hydrogen-bond acceptors (Lipinski definition) is 5. The van der Waals surface area contributed by atoms with E-state index in [9.17, 15) is 17.6 Å². The summed E-state index contributed by atoms with van der Waals surface area (Å²) in [6.07, 6.45) is 1.26. The molecule has 0 saturated carbocycles. The Morgan fingerprint density at radius 2 is 1.71 bits per heavy atom. The molecule has 1 fully saturated rings. The zero-order chi connectivity index (χ0) is 27.0. The van der Waals surface area contributed by atoms with Crippen LogP contribution in [0.15, 0.2) is 52.7 Å². The minimum absolute atomic E-state index is 0.0267. The highest BCUT2D eigenvalue weighted by molar-refractivity contribution is 7.89. The summed E-state index contributed by atoms with van der Waals surface area (Å²) in [6.45, 7) is 8.34. The lowest BCUT2D eigenvalue weighted by molar-refractivity contribution is -0.132. The Morgan fingerprint density at radius 1 is 1.00 bits per heavy atom. The molecular formula is C29H34FN3O3S2. The lowest BCUT2D eigenvalue weighted by Gasteiger charge is -2.37. The molecule has 1 amide bonds. The first-order valence-corrected chi connectivity index (χ1v) is 15.4. The molecule has 9 heteroatoms. The Kier molecular flexibility index (Phi) is 7.73. The smallest absolute Gasteiger partial charge is 0.243 e. The summed E-state index contributed by atoms with van der Waals surface area (Å²) < 4.78 is 42.4. The van der Waals surface area contributed by atoms with E-state index in [4.69, 9.17) is 0 Å². The fraction of sp³-hybridized carbons (Fsp3) is 0.414. The molecule has 5 rings (SSSR count). The largest absolute Gasteiger partial charge is 0.340 e. The van der Waals surface area contributed by atoms with E-state index in [1.165, 1.54) is 20.8 Å². The predicted octanol–water partition coefficient (Wildman–Crippen LogP) is 4.68. The number of thiophene rings is 1. The average Bonchev–Trinajstić information content (AvgIpc) is 3.35. The van der Waals surface area contributed by atoms with Crippen LogP contribution in [0.4, 0.5) is 4.39 Å². The van der Waals surface area contributed by atoms with E-state index in [1.807, 2.05) is 39.0 Å². The van der Waals surface area contributed by atoms with Gasteiger partial charge in [-0.25, -0.2) is 12.8 Å². The van der Waals surface area contributed by atoms with Gasteiger partial charge in [-0.2, -0.15) is 4.31 Å². The Labute approximate surface area is 228 Å². The molecule has 6 nitrogen and oxygen atoms in total. The van der Waals surface area contributed by atoms with E-state index in [1.54, 1.807) is 28.4 Å². The Morgan fingerprint density at radius 3 is 2.39 bits per heavy atom. The van der Waals surface area contributed by atoms with Crippen molar-refractivity contribution in [3.05, 3.63) is 86.4 Å². The van der Waals surface area contributed by atoms with Gasteiger partial charge in [0.1, 0.15) is 5.82 Å². The van der Waals surface area contributed by atoms with Crippen LogP contribution in [0.2, 0.25) is 0 Å². The van der Waals surface area contributed by atoms with Crippen LogP contribution in [0, 0.1) is 26.6 Å². The molecule has 2 aromatic carbocycles. The van der Waals surface area contributed by atoms with Crippen molar-refractivity contribution in [3.8, 4) is 0 Å². The van der Waals surface area contributed by atoms with E-state index in [2.05, 4.69) is 16.3 Å². The van der Waals surface area contributed by atoms with Crippen LogP contribution in [0.5, 0.6) is 0 Å². The van der Waals surface area contributed by atoms with E-state index >= 15 is 0 Å². The second kappa shape index (κ2) is 10.9. The van der Waals surface area contributed by atoms with Gasteiger partial charge in [0.15, 0.2) is 0 Å². The lowest BCUT2D eigenvalue weighted by Crippen LogP contribution is -2.51. The zero-order valence-electron chi connectivity index (χ0n) is 22.1. The number of carbonyl (C=O) groups is 1. The van der Waals surface area contributed by atoms with E-state index in [0.717, 1.165) is 35.2 Å². The molecule has 1 atom stereocenters. The number of aryl methyl sites for hydroxylation is 3. The molecule has 0 unspecified atom stereocenters. The first kappa shape index (κ1) is 27.0. The van der Waals surface area contributed by atoms with Gasteiger partial charge in [-0.3, -0.25) is 9.69 Å². The summed E-state index contributed by atoms with van der Waals surface area (Å²) in [6, 6.07) is 12.6. The van der Waals surface area contributed by atoms with E-state index in [-0.39, 0.29) is 30.9 Å². The molecule has 0 N–H and O–H groups in total. The highest BCUT2D eigenvalue weighted by Crippen LogP contribution is 2.38. The molecule has 2 aliphatic rings. The second-order valence-corrected chi connectivity index (χ2v) is 13.2. The maximum Gasteiger partial charge on any atom is 0.243 e. The number of halogens is 1. The molecule has 38 heavy (non-hydrogen) atoms. The molecule has 0 aliphatic carbocycles. The van der Waals surface area contributed by atoms with Gasteiger partial charge in [-0.15, -0.1) is 11.3 Å². The van der Waals surface area contributed by atoms with Crippen molar-refractivity contribution in [2.45, 2.75) is 44.6 Å². The van der Waals surface area contributed by atoms with Crippen LogP contribution in [-0.2, 0) is 21.2 Å². The van der Waals surface area contributed by atoms with Crippen LogP contribution >= 0.6 is 11.3 Å². The van der Waals surface area contributed by atoms with Gasteiger partial charge in [0, 0.05) is 50.6 Å². The van der Waals surface area contributed by atoms with Gasteiger partial charge >= 0.3 is 0 Å². The van der Waals surface area contributed by atoms with Crippen LogP contribution in [0.1, 0.15) is 45.2 Å². The first-order chi connectivity index (χ1) is 18.1. The minimum Gasteiger partial charge on any atom is -0.340 e. The number of sulfonamides is 1. The third-order valence-corrected chi connectivity index (χ3v) is 10.8. The van der Waals surface area contributed by atoms with Crippen molar-refractivity contribution >= 4 is 27.3 Å². The van der Waals surface area contributed by atoms with Gasteiger partial charge in [-0.1, -0.05) is 29.8 Å². The Balaban J connectivity index is 1.23. The number of nitrogens with zero attached hydrogens (tertiary/aromatic N) is 3. The van der Waals surface area contributed by atoms with Gasteiger partial charge in [0.25, 0.3) is 0 Å². The predicted molar refractivity (Wildman–Crippen MR) is 148 cm³/mol.